The van der Waals surface area contributed by atoms with Crippen molar-refractivity contribution in [2.45, 2.75) is 25.8 Å². The Hall–Kier alpha value is -3.93. The van der Waals surface area contributed by atoms with E-state index in [0.717, 1.165) is 0 Å². The molecule has 4 aromatic rings. The number of fused-ring (bicyclic) bond motifs is 1. The third kappa shape index (κ3) is 4.64. The number of oxazole rings is 1. The van der Waals surface area contributed by atoms with Crippen molar-refractivity contribution in [2.24, 2.45) is 0 Å². The first kappa shape index (κ1) is 20.3. The second-order valence-corrected chi connectivity index (χ2v) is 7.56. The first-order valence-electron chi connectivity index (χ1n) is 10.1. The molecule has 1 aromatic heterocycles. The van der Waals surface area contributed by atoms with Gasteiger partial charge >= 0.3 is 0 Å². The lowest BCUT2D eigenvalue weighted by atomic mass is 10.1. The Bertz CT molecular complexity index is 1200. The highest BCUT2D eigenvalue weighted by molar-refractivity contribution is 6.02. The molecule has 2 N–H and O–H groups in total. The van der Waals surface area contributed by atoms with Crippen LogP contribution < -0.4 is 10.6 Å². The number of benzene rings is 3. The van der Waals surface area contributed by atoms with Crippen LogP contribution in [0.3, 0.4) is 0 Å². The Labute approximate surface area is 180 Å². The number of amides is 2. The third-order valence-corrected chi connectivity index (χ3v) is 4.87. The summed E-state index contributed by atoms with van der Waals surface area (Å²) in [5.74, 6) is 0.150. The van der Waals surface area contributed by atoms with Crippen molar-refractivity contribution < 1.29 is 14.0 Å². The summed E-state index contributed by atoms with van der Waals surface area (Å²) in [6, 6.07) is 22.4. The van der Waals surface area contributed by atoms with Crippen molar-refractivity contribution in [2.75, 3.05) is 5.32 Å². The number of nitrogens with zero attached hydrogens (tertiary/aromatic N) is 1. The van der Waals surface area contributed by atoms with E-state index >= 15 is 0 Å². The smallest absolute Gasteiger partial charge is 0.252 e. The van der Waals surface area contributed by atoms with Crippen LogP contribution in [0, 0.1) is 0 Å². The van der Waals surface area contributed by atoms with Crippen LogP contribution >= 0.6 is 0 Å². The third-order valence-electron chi connectivity index (χ3n) is 4.87. The fourth-order valence-electron chi connectivity index (χ4n) is 3.23. The molecule has 0 aliphatic heterocycles. The predicted molar refractivity (Wildman–Crippen MR) is 120 cm³/mol. The van der Waals surface area contributed by atoms with Gasteiger partial charge in [-0.3, -0.25) is 9.59 Å². The monoisotopic (exact) mass is 413 g/mol. The zero-order chi connectivity index (χ0) is 21.8. The maximum absolute atomic E-state index is 13.2. The summed E-state index contributed by atoms with van der Waals surface area (Å²) in [4.78, 5) is 30.4. The van der Waals surface area contributed by atoms with Crippen LogP contribution in [0.5, 0.6) is 0 Å². The van der Waals surface area contributed by atoms with Gasteiger partial charge in [0.25, 0.3) is 11.8 Å². The lowest BCUT2D eigenvalue weighted by molar-refractivity contribution is -0.118. The molecule has 0 fully saturated rings. The summed E-state index contributed by atoms with van der Waals surface area (Å²) in [5, 5.41) is 5.73. The maximum atomic E-state index is 13.2. The zero-order valence-electron chi connectivity index (χ0n) is 17.3. The van der Waals surface area contributed by atoms with Gasteiger partial charge in [-0.1, -0.05) is 62.4 Å². The molecule has 0 saturated heterocycles. The van der Waals surface area contributed by atoms with Gasteiger partial charge in [0.1, 0.15) is 11.6 Å². The molecule has 0 spiro atoms. The van der Waals surface area contributed by atoms with E-state index in [4.69, 9.17) is 4.42 Å². The number of carbonyl (C=O) groups is 2. The van der Waals surface area contributed by atoms with Gasteiger partial charge < -0.3 is 15.1 Å². The van der Waals surface area contributed by atoms with Crippen LogP contribution in [-0.4, -0.2) is 16.8 Å². The topological polar surface area (TPSA) is 84.2 Å². The quantitative estimate of drug-likeness (QED) is 0.463. The van der Waals surface area contributed by atoms with Gasteiger partial charge in [0.2, 0.25) is 0 Å². The lowest BCUT2D eigenvalue weighted by Gasteiger charge is -2.19. The summed E-state index contributed by atoms with van der Waals surface area (Å²) >= 11 is 0. The molecule has 31 heavy (non-hydrogen) atoms. The van der Waals surface area contributed by atoms with Gasteiger partial charge in [-0.15, -0.1) is 0 Å². The molecule has 0 saturated carbocycles. The molecule has 1 heterocycles. The molecule has 2 amide bonds. The van der Waals surface area contributed by atoms with Crippen LogP contribution in [0.4, 0.5) is 5.69 Å². The molecule has 1 atom stereocenters. The van der Waals surface area contributed by atoms with E-state index in [1.807, 2.05) is 50.2 Å². The van der Waals surface area contributed by atoms with Gasteiger partial charge in [0, 0.05) is 17.2 Å². The van der Waals surface area contributed by atoms with Gasteiger partial charge in [-0.05, 0) is 35.9 Å². The number of aromatic nitrogens is 1. The van der Waals surface area contributed by atoms with Gasteiger partial charge in [-0.25, -0.2) is 4.98 Å². The minimum Gasteiger partial charge on any atom is -0.440 e. The summed E-state index contributed by atoms with van der Waals surface area (Å²) in [6.45, 7) is 4.01. The molecular formula is C25H23N3O3. The fraction of sp³-hybridized carbons (Fsp3) is 0.160. The van der Waals surface area contributed by atoms with E-state index in [1.54, 1.807) is 42.5 Å². The standard InChI is InChI=1S/C25H23N3O3/c1-16(2)25-27-20-15-19(13-14-21(20)31-25)26-24(30)22(17-9-5-3-6-10-17)28-23(29)18-11-7-4-8-12-18/h3-16,22H,1-2H3,(H,26,30)(H,28,29). The highest BCUT2D eigenvalue weighted by atomic mass is 16.3. The van der Waals surface area contributed by atoms with E-state index in [2.05, 4.69) is 15.6 Å². The molecule has 0 aliphatic carbocycles. The summed E-state index contributed by atoms with van der Waals surface area (Å²) < 4.78 is 5.73. The largest absolute Gasteiger partial charge is 0.440 e. The lowest BCUT2D eigenvalue weighted by Crippen LogP contribution is -2.37. The molecule has 3 aromatic carbocycles. The Morgan fingerprint density at radius 3 is 2.26 bits per heavy atom. The number of rotatable bonds is 6. The van der Waals surface area contributed by atoms with E-state index < -0.39 is 6.04 Å². The van der Waals surface area contributed by atoms with Crippen molar-refractivity contribution in [3.63, 3.8) is 0 Å². The van der Waals surface area contributed by atoms with Crippen molar-refractivity contribution >= 4 is 28.6 Å². The highest BCUT2D eigenvalue weighted by Gasteiger charge is 2.23. The van der Waals surface area contributed by atoms with Crippen molar-refractivity contribution in [3.8, 4) is 0 Å². The van der Waals surface area contributed by atoms with Gasteiger partial charge in [-0.2, -0.15) is 0 Å². The number of anilines is 1. The van der Waals surface area contributed by atoms with Gasteiger partial charge in [0.05, 0.1) is 0 Å². The van der Waals surface area contributed by atoms with Crippen LogP contribution in [0.2, 0.25) is 0 Å². The molecule has 0 bridgehead atoms. The highest BCUT2D eigenvalue weighted by Crippen LogP contribution is 2.25. The second kappa shape index (κ2) is 8.83. The first-order valence-corrected chi connectivity index (χ1v) is 10.1. The van der Waals surface area contributed by atoms with Crippen LogP contribution in [-0.2, 0) is 4.79 Å². The molecule has 4 rings (SSSR count). The normalized spacial score (nSPS) is 12.0. The number of hydrogen-bond donors (Lipinski definition) is 2. The first-order chi connectivity index (χ1) is 15.0. The molecular weight excluding hydrogens is 390 g/mol. The Kier molecular flexibility index (Phi) is 5.80. The molecule has 0 radical (unpaired) electrons. The number of hydrogen-bond acceptors (Lipinski definition) is 4. The van der Waals surface area contributed by atoms with Crippen LogP contribution in [0.25, 0.3) is 11.1 Å². The van der Waals surface area contributed by atoms with Crippen molar-refractivity contribution in [3.05, 3.63) is 95.9 Å². The van der Waals surface area contributed by atoms with E-state index in [9.17, 15) is 9.59 Å². The van der Waals surface area contributed by atoms with E-state index in [0.29, 0.717) is 33.8 Å². The van der Waals surface area contributed by atoms with Crippen LogP contribution in [0.1, 0.15) is 47.6 Å². The summed E-state index contributed by atoms with van der Waals surface area (Å²) in [6.07, 6.45) is 0. The SMILES string of the molecule is CC(C)c1nc2cc(NC(=O)C(NC(=O)c3ccccc3)c3ccccc3)ccc2o1. The average Bonchev–Trinajstić information content (AvgIpc) is 3.22. The van der Waals surface area contributed by atoms with E-state index in [1.165, 1.54) is 0 Å². The van der Waals surface area contributed by atoms with E-state index in [-0.39, 0.29) is 17.7 Å². The Morgan fingerprint density at radius 2 is 1.58 bits per heavy atom. The van der Waals surface area contributed by atoms with Crippen molar-refractivity contribution in [1.82, 2.24) is 10.3 Å². The number of carbonyl (C=O) groups excluding carboxylic acids is 2. The maximum Gasteiger partial charge on any atom is 0.252 e. The second-order valence-electron chi connectivity index (χ2n) is 7.56. The fourth-order valence-corrected chi connectivity index (χ4v) is 3.23. The molecule has 6 heteroatoms. The van der Waals surface area contributed by atoms with Crippen molar-refractivity contribution in [1.29, 1.82) is 0 Å². The summed E-state index contributed by atoms with van der Waals surface area (Å²) in [7, 11) is 0. The Balaban J connectivity index is 1.58. The molecule has 156 valence electrons. The van der Waals surface area contributed by atoms with Crippen LogP contribution in [0.15, 0.2) is 83.3 Å². The predicted octanol–water partition coefficient (Wildman–Crippen LogP) is 5.06. The van der Waals surface area contributed by atoms with Gasteiger partial charge in [0.15, 0.2) is 11.5 Å². The average molecular weight is 413 g/mol. The zero-order valence-corrected chi connectivity index (χ0v) is 17.3. The number of nitrogens with one attached hydrogen (secondary N) is 2. The minimum absolute atomic E-state index is 0.168. The molecule has 0 aliphatic rings. The molecule has 1 unspecified atom stereocenters. The summed E-state index contributed by atoms with van der Waals surface area (Å²) in [5.41, 5.74) is 3.09. The minimum atomic E-state index is -0.854. The molecule has 6 nitrogen and oxygen atoms in total. The Morgan fingerprint density at radius 1 is 0.903 bits per heavy atom.